The number of nitrogens with one attached hydrogen (secondary N) is 1. The SMILES string of the molecule is COC(=O)c1ccccc1S(=O)(=O)NC(=O)c1cccc(-c2cccc(CC(=O)N(Cc3ccccc3)C3c4ccccc4CCC3Cc3ccccc3)c2)c1. The molecule has 9 heteroatoms. The summed E-state index contributed by atoms with van der Waals surface area (Å²) in [4.78, 5) is 42.0. The van der Waals surface area contributed by atoms with E-state index < -0.39 is 21.9 Å². The van der Waals surface area contributed by atoms with Crippen molar-refractivity contribution in [3.8, 4) is 11.1 Å². The summed E-state index contributed by atoms with van der Waals surface area (Å²) < 4.78 is 33.3. The predicted molar refractivity (Wildman–Crippen MR) is 216 cm³/mol. The Morgan fingerprint density at radius 3 is 2.07 bits per heavy atom. The lowest BCUT2D eigenvalue weighted by atomic mass is 9.76. The lowest BCUT2D eigenvalue weighted by molar-refractivity contribution is -0.135. The van der Waals surface area contributed by atoms with Gasteiger partial charge in [0.05, 0.1) is 25.1 Å². The Morgan fingerprint density at radius 2 is 1.32 bits per heavy atom. The van der Waals surface area contributed by atoms with E-state index >= 15 is 0 Å². The molecule has 1 aliphatic rings. The maximum Gasteiger partial charge on any atom is 0.339 e. The molecule has 2 unspecified atom stereocenters. The highest BCUT2D eigenvalue weighted by atomic mass is 32.2. The van der Waals surface area contributed by atoms with Crippen LogP contribution in [0.1, 0.15) is 61.0 Å². The normalized spacial score (nSPS) is 14.9. The Morgan fingerprint density at radius 1 is 0.696 bits per heavy atom. The van der Waals surface area contributed by atoms with Gasteiger partial charge in [0.15, 0.2) is 0 Å². The predicted octanol–water partition coefficient (Wildman–Crippen LogP) is 8.38. The molecule has 0 saturated carbocycles. The zero-order chi connectivity index (χ0) is 39.1. The van der Waals surface area contributed by atoms with Crippen LogP contribution in [0.3, 0.4) is 0 Å². The number of amides is 2. The third-order valence-electron chi connectivity index (χ3n) is 10.3. The van der Waals surface area contributed by atoms with Gasteiger partial charge in [-0.1, -0.05) is 133 Å². The standard InChI is InChI=1S/C47H42N2O6S/c1-55-47(52)42-24-10-11-25-43(42)56(53,54)48-46(51)40-22-13-21-38(31-40)37-20-12-18-35(29-37)30-44(50)49(32-34-16-6-3-7-17-34)45-39(28-33-14-4-2-5-15-33)27-26-36-19-8-9-23-41(36)45/h2-25,29,31,39,45H,26-28,30,32H2,1H3,(H,48,51). The van der Waals surface area contributed by atoms with E-state index in [0.717, 1.165) is 43.1 Å². The first-order valence-electron chi connectivity index (χ1n) is 18.6. The van der Waals surface area contributed by atoms with Crippen LogP contribution in [0.25, 0.3) is 11.1 Å². The van der Waals surface area contributed by atoms with Crippen molar-refractivity contribution in [1.29, 1.82) is 0 Å². The van der Waals surface area contributed by atoms with Crippen LogP contribution in [0.5, 0.6) is 0 Å². The summed E-state index contributed by atoms with van der Waals surface area (Å²) in [6.07, 6.45) is 2.95. The maximum atomic E-state index is 14.7. The molecule has 282 valence electrons. The van der Waals surface area contributed by atoms with Crippen LogP contribution in [0.4, 0.5) is 0 Å². The number of hydrogen-bond acceptors (Lipinski definition) is 6. The summed E-state index contributed by atoms with van der Waals surface area (Å²) in [5.41, 5.74) is 6.96. The van der Waals surface area contributed by atoms with E-state index in [9.17, 15) is 22.8 Å². The van der Waals surface area contributed by atoms with Crippen molar-refractivity contribution in [2.45, 2.75) is 43.2 Å². The average molecular weight is 763 g/mol. The molecule has 0 aliphatic heterocycles. The Labute approximate surface area is 327 Å². The van der Waals surface area contributed by atoms with Gasteiger partial charge in [-0.15, -0.1) is 0 Å². The highest BCUT2D eigenvalue weighted by Crippen LogP contribution is 2.41. The molecular formula is C47H42N2O6S. The molecule has 56 heavy (non-hydrogen) atoms. The Balaban J connectivity index is 1.16. The van der Waals surface area contributed by atoms with Crippen LogP contribution in [0, 0.1) is 5.92 Å². The van der Waals surface area contributed by atoms with Crippen molar-refractivity contribution in [3.63, 3.8) is 0 Å². The van der Waals surface area contributed by atoms with Crippen LogP contribution in [0.15, 0.2) is 163 Å². The fourth-order valence-electron chi connectivity index (χ4n) is 7.67. The number of carbonyl (C=O) groups excluding carboxylic acids is 3. The quantitative estimate of drug-likeness (QED) is 0.126. The summed E-state index contributed by atoms with van der Waals surface area (Å²) in [5.74, 6) is -1.46. The van der Waals surface area contributed by atoms with Crippen LogP contribution < -0.4 is 4.72 Å². The first-order chi connectivity index (χ1) is 27.2. The van der Waals surface area contributed by atoms with Crippen molar-refractivity contribution in [2.75, 3.05) is 7.11 Å². The van der Waals surface area contributed by atoms with Gasteiger partial charge < -0.3 is 9.64 Å². The number of rotatable bonds is 12. The minimum Gasteiger partial charge on any atom is -0.465 e. The van der Waals surface area contributed by atoms with Gasteiger partial charge >= 0.3 is 5.97 Å². The lowest BCUT2D eigenvalue weighted by Gasteiger charge is -2.42. The number of hydrogen-bond donors (Lipinski definition) is 1. The van der Waals surface area contributed by atoms with Gasteiger partial charge in [0.2, 0.25) is 5.91 Å². The van der Waals surface area contributed by atoms with E-state index in [1.54, 1.807) is 12.1 Å². The first-order valence-corrected chi connectivity index (χ1v) is 20.1. The summed E-state index contributed by atoms with van der Waals surface area (Å²) in [6.45, 7) is 0.466. The molecule has 1 N–H and O–H groups in total. The third kappa shape index (κ3) is 8.64. The van der Waals surface area contributed by atoms with Gasteiger partial charge in [-0.2, -0.15) is 0 Å². The van der Waals surface area contributed by atoms with E-state index in [-0.39, 0.29) is 40.3 Å². The van der Waals surface area contributed by atoms with E-state index in [2.05, 4.69) is 70.3 Å². The Hall–Kier alpha value is -6.32. The van der Waals surface area contributed by atoms with Gasteiger partial charge in [-0.25, -0.2) is 17.9 Å². The fraction of sp³-hybridized carbons (Fsp3) is 0.170. The summed E-state index contributed by atoms with van der Waals surface area (Å²) in [5, 5.41) is 0. The zero-order valence-corrected chi connectivity index (χ0v) is 31.8. The molecule has 7 rings (SSSR count). The molecule has 0 radical (unpaired) electrons. The first kappa shape index (κ1) is 38.0. The van der Waals surface area contributed by atoms with Gasteiger partial charge in [-0.3, -0.25) is 9.59 Å². The molecule has 0 aromatic heterocycles. The van der Waals surface area contributed by atoms with Crippen molar-refractivity contribution in [1.82, 2.24) is 9.62 Å². The highest BCUT2D eigenvalue weighted by molar-refractivity contribution is 7.90. The second kappa shape index (κ2) is 17.0. The third-order valence-corrected chi connectivity index (χ3v) is 11.7. The van der Waals surface area contributed by atoms with Crippen molar-refractivity contribution >= 4 is 27.8 Å². The summed E-state index contributed by atoms with van der Waals surface area (Å²) in [6, 6.07) is 48.8. The molecule has 8 nitrogen and oxygen atoms in total. The number of ether oxygens (including phenoxy) is 1. The topological polar surface area (TPSA) is 110 Å². The number of aryl methyl sites for hydroxylation is 1. The second-order valence-corrected chi connectivity index (χ2v) is 15.7. The van der Waals surface area contributed by atoms with Gasteiger partial charge in [0.25, 0.3) is 15.9 Å². The van der Waals surface area contributed by atoms with Crippen molar-refractivity contribution in [3.05, 3.63) is 197 Å². The van der Waals surface area contributed by atoms with E-state index in [0.29, 0.717) is 12.1 Å². The van der Waals surface area contributed by atoms with Crippen molar-refractivity contribution in [2.24, 2.45) is 5.92 Å². The molecule has 0 heterocycles. The van der Waals surface area contributed by atoms with Gasteiger partial charge in [0, 0.05) is 12.1 Å². The number of methoxy groups -OCH3 is 1. The molecule has 2 amide bonds. The smallest absolute Gasteiger partial charge is 0.339 e. The van der Waals surface area contributed by atoms with Crippen LogP contribution in [-0.4, -0.2) is 38.2 Å². The maximum absolute atomic E-state index is 14.7. The number of nitrogens with zero attached hydrogens (tertiary/aromatic N) is 1. The van der Waals surface area contributed by atoms with Gasteiger partial charge in [0.1, 0.15) is 4.90 Å². The molecule has 0 fully saturated rings. The minimum atomic E-state index is -4.41. The number of esters is 1. The average Bonchev–Trinajstić information content (AvgIpc) is 3.23. The molecular weight excluding hydrogens is 721 g/mol. The van der Waals surface area contributed by atoms with Crippen LogP contribution in [-0.2, 0) is 45.4 Å². The van der Waals surface area contributed by atoms with E-state index in [1.807, 2.05) is 54.6 Å². The molecule has 0 spiro atoms. The molecule has 0 bridgehead atoms. The fourth-order valence-corrected chi connectivity index (χ4v) is 8.84. The van der Waals surface area contributed by atoms with E-state index in [1.165, 1.54) is 47.0 Å². The summed E-state index contributed by atoms with van der Waals surface area (Å²) in [7, 11) is -3.26. The highest BCUT2D eigenvalue weighted by Gasteiger charge is 2.36. The number of sulfonamides is 1. The van der Waals surface area contributed by atoms with Crippen LogP contribution in [0.2, 0.25) is 0 Å². The lowest BCUT2D eigenvalue weighted by Crippen LogP contribution is -2.41. The van der Waals surface area contributed by atoms with Crippen molar-refractivity contribution < 1.29 is 27.5 Å². The molecule has 6 aromatic carbocycles. The van der Waals surface area contributed by atoms with Gasteiger partial charge in [-0.05, 0) is 88.4 Å². The minimum absolute atomic E-state index is 0.0105. The molecule has 2 atom stereocenters. The summed E-state index contributed by atoms with van der Waals surface area (Å²) >= 11 is 0. The number of fused-ring (bicyclic) bond motifs is 1. The monoisotopic (exact) mass is 762 g/mol. The molecule has 0 saturated heterocycles. The second-order valence-electron chi connectivity index (χ2n) is 14.0. The Bertz CT molecular complexity index is 2470. The molecule has 6 aromatic rings. The molecule has 1 aliphatic carbocycles. The largest absolute Gasteiger partial charge is 0.465 e. The number of benzene rings is 6. The zero-order valence-electron chi connectivity index (χ0n) is 31.0. The van der Waals surface area contributed by atoms with E-state index in [4.69, 9.17) is 4.74 Å². The van der Waals surface area contributed by atoms with Crippen LogP contribution >= 0.6 is 0 Å². The number of carbonyl (C=O) groups is 3. The Kier molecular flexibility index (Phi) is 11.5.